The summed E-state index contributed by atoms with van der Waals surface area (Å²) in [5.74, 6) is 1.16. The molecule has 1 atom stereocenters. The van der Waals surface area contributed by atoms with Crippen LogP contribution in [0.3, 0.4) is 0 Å². The number of ketones is 1. The summed E-state index contributed by atoms with van der Waals surface area (Å²) in [7, 11) is 0. The van der Waals surface area contributed by atoms with Gasteiger partial charge in [0, 0.05) is 36.2 Å². The molecule has 4 rings (SSSR count). The largest absolute Gasteiger partial charge is 0.482 e. The Labute approximate surface area is 179 Å². The predicted octanol–water partition coefficient (Wildman–Crippen LogP) is 5.44. The van der Waals surface area contributed by atoms with E-state index in [0.717, 1.165) is 73.4 Å². The molecule has 4 nitrogen and oxygen atoms in total. The van der Waals surface area contributed by atoms with Crippen LogP contribution in [0.5, 0.6) is 5.75 Å². The maximum atomic E-state index is 12.3. The Hall–Kier alpha value is -2.59. The molecule has 0 bridgehead atoms. The number of carbonyl (C=O) groups excluding carboxylic acids is 1. The molecule has 0 radical (unpaired) electrons. The van der Waals surface area contributed by atoms with Gasteiger partial charge in [-0.3, -0.25) is 4.79 Å². The molecule has 1 spiro atoms. The van der Waals surface area contributed by atoms with Gasteiger partial charge in [-0.05, 0) is 74.7 Å². The number of hydrogen-bond acceptors (Lipinski definition) is 4. The van der Waals surface area contributed by atoms with E-state index in [-0.39, 0.29) is 11.4 Å². The SMILES string of the molecule is CCCC(=O)c1ccc(C2=CC3(CCCNCC3)Oc3ccc(NCC)cc32)cc1. The van der Waals surface area contributed by atoms with E-state index < -0.39 is 0 Å². The van der Waals surface area contributed by atoms with Gasteiger partial charge < -0.3 is 15.4 Å². The molecule has 0 aromatic heterocycles. The van der Waals surface area contributed by atoms with Crippen LogP contribution in [-0.2, 0) is 0 Å². The monoisotopic (exact) mass is 404 g/mol. The third-order valence-corrected chi connectivity index (χ3v) is 6.04. The normalized spacial score (nSPS) is 20.7. The van der Waals surface area contributed by atoms with E-state index in [1.165, 1.54) is 5.57 Å². The van der Waals surface area contributed by atoms with Crippen molar-refractivity contribution in [3.05, 3.63) is 65.2 Å². The van der Waals surface area contributed by atoms with Gasteiger partial charge in [-0.15, -0.1) is 0 Å². The number of anilines is 1. The van der Waals surface area contributed by atoms with Crippen LogP contribution in [-0.4, -0.2) is 31.0 Å². The molecule has 1 unspecified atom stereocenters. The van der Waals surface area contributed by atoms with Crippen molar-refractivity contribution in [1.82, 2.24) is 5.32 Å². The highest BCUT2D eigenvalue weighted by atomic mass is 16.5. The number of benzene rings is 2. The van der Waals surface area contributed by atoms with Crippen LogP contribution in [0.4, 0.5) is 5.69 Å². The van der Waals surface area contributed by atoms with Gasteiger partial charge in [-0.25, -0.2) is 0 Å². The van der Waals surface area contributed by atoms with Crippen LogP contribution in [0, 0.1) is 0 Å². The van der Waals surface area contributed by atoms with Gasteiger partial charge >= 0.3 is 0 Å². The average Bonchev–Trinajstić information content (AvgIpc) is 2.99. The Balaban J connectivity index is 1.76. The number of nitrogens with one attached hydrogen (secondary N) is 2. The van der Waals surface area contributed by atoms with Crippen molar-refractivity contribution in [2.24, 2.45) is 0 Å². The molecule has 30 heavy (non-hydrogen) atoms. The van der Waals surface area contributed by atoms with Gasteiger partial charge in [0.15, 0.2) is 5.78 Å². The number of carbonyl (C=O) groups is 1. The molecule has 158 valence electrons. The molecule has 0 aliphatic carbocycles. The number of fused-ring (bicyclic) bond motifs is 1. The second-order valence-electron chi connectivity index (χ2n) is 8.32. The van der Waals surface area contributed by atoms with Crippen molar-refractivity contribution in [3.8, 4) is 5.75 Å². The summed E-state index contributed by atoms with van der Waals surface area (Å²) in [6.45, 7) is 7.02. The second kappa shape index (κ2) is 9.05. The van der Waals surface area contributed by atoms with E-state index in [2.05, 4.69) is 54.0 Å². The first kappa shape index (κ1) is 20.7. The molecule has 1 saturated heterocycles. The van der Waals surface area contributed by atoms with E-state index in [0.29, 0.717) is 6.42 Å². The highest BCUT2D eigenvalue weighted by molar-refractivity contribution is 5.96. The fraction of sp³-hybridized carbons (Fsp3) is 0.423. The maximum absolute atomic E-state index is 12.3. The smallest absolute Gasteiger partial charge is 0.162 e. The summed E-state index contributed by atoms with van der Waals surface area (Å²) >= 11 is 0. The molecule has 2 heterocycles. The lowest BCUT2D eigenvalue weighted by Gasteiger charge is -2.37. The summed E-state index contributed by atoms with van der Waals surface area (Å²) < 4.78 is 6.62. The number of Topliss-reactive ketones (excluding diaryl/α,β-unsaturated/α-hetero) is 1. The first-order valence-electron chi connectivity index (χ1n) is 11.3. The molecule has 4 heteroatoms. The summed E-state index contributed by atoms with van der Waals surface area (Å²) in [6, 6.07) is 14.5. The summed E-state index contributed by atoms with van der Waals surface area (Å²) in [6.07, 6.45) is 6.87. The quantitative estimate of drug-likeness (QED) is 0.630. The van der Waals surface area contributed by atoms with Crippen molar-refractivity contribution in [2.45, 2.75) is 51.6 Å². The third kappa shape index (κ3) is 4.29. The summed E-state index contributed by atoms with van der Waals surface area (Å²) in [5, 5.41) is 6.91. The molecule has 2 aromatic rings. The molecule has 2 aliphatic rings. The fourth-order valence-electron chi connectivity index (χ4n) is 4.49. The number of ether oxygens (including phenoxy) is 1. The van der Waals surface area contributed by atoms with Crippen LogP contribution in [0.1, 0.15) is 67.4 Å². The van der Waals surface area contributed by atoms with Gasteiger partial charge in [0.2, 0.25) is 0 Å². The Morgan fingerprint density at radius 2 is 1.93 bits per heavy atom. The van der Waals surface area contributed by atoms with Crippen molar-refractivity contribution < 1.29 is 9.53 Å². The van der Waals surface area contributed by atoms with Crippen LogP contribution in [0.15, 0.2) is 48.5 Å². The van der Waals surface area contributed by atoms with Crippen LogP contribution >= 0.6 is 0 Å². The molecule has 1 fully saturated rings. The lowest BCUT2D eigenvalue weighted by Crippen LogP contribution is -2.37. The molecular formula is C26H32N2O2. The van der Waals surface area contributed by atoms with Crippen molar-refractivity contribution in [3.63, 3.8) is 0 Å². The minimum Gasteiger partial charge on any atom is -0.482 e. The lowest BCUT2D eigenvalue weighted by atomic mass is 9.84. The van der Waals surface area contributed by atoms with Gasteiger partial charge in [0.25, 0.3) is 0 Å². The fourth-order valence-corrected chi connectivity index (χ4v) is 4.49. The zero-order chi connectivity index (χ0) is 21.0. The zero-order valence-corrected chi connectivity index (χ0v) is 18.1. The van der Waals surface area contributed by atoms with Crippen LogP contribution in [0.2, 0.25) is 0 Å². The van der Waals surface area contributed by atoms with Gasteiger partial charge in [0.05, 0.1) is 0 Å². The van der Waals surface area contributed by atoms with Gasteiger partial charge in [-0.2, -0.15) is 0 Å². The number of rotatable bonds is 6. The topological polar surface area (TPSA) is 50.4 Å². The highest BCUT2D eigenvalue weighted by Crippen LogP contribution is 2.43. The predicted molar refractivity (Wildman–Crippen MR) is 123 cm³/mol. The third-order valence-electron chi connectivity index (χ3n) is 6.04. The summed E-state index contributed by atoms with van der Waals surface area (Å²) in [4.78, 5) is 12.3. The Morgan fingerprint density at radius 3 is 2.70 bits per heavy atom. The molecular weight excluding hydrogens is 372 g/mol. The van der Waals surface area contributed by atoms with Crippen molar-refractivity contribution in [1.29, 1.82) is 0 Å². The molecule has 2 aromatic carbocycles. The second-order valence-corrected chi connectivity index (χ2v) is 8.32. The average molecular weight is 405 g/mol. The minimum atomic E-state index is -0.276. The standard InChI is InChI=1S/C26H32N2O2/c1-3-6-24(29)20-9-7-19(8-10-20)23-18-26(13-5-15-27-16-14-26)30-25-12-11-21(28-4-2)17-22(23)25/h7-12,17-18,27-28H,3-6,13-16H2,1-2H3. The zero-order valence-electron chi connectivity index (χ0n) is 18.1. The van der Waals surface area contributed by atoms with E-state index in [4.69, 9.17) is 4.74 Å². The van der Waals surface area contributed by atoms with E-state index in [1.807, 2.05) is 19.1 Å². The highest BCUT2D eigenvalue weighted by Gasteiger charge is 2.36. The number of hydrogen-bond donors (Lipinski definition) is 2. The van der Waals surface area contributed by atoms with Crippen LogP contribution < -0.4 is 15.4 Å². The Bertz CT molecular complexity index is 923. The summed E-state index contributed by atoms with van der Waals surface area (Å²) in [5.41, 5.74) is 5.07. The lowest BCUT2D eigenvalue weighted by molar-refractivity contribution is 0.0981. The molecule has 0 amide bonds. The molecule has 2 N–H and O–H groups in total. The Kier molecular flexibility index (Phi) is 6.24. The molecule has 2 aliphatic heterocycles. The first-order chi connectivity index (χ1) is 14.6. The minimum absolute atomic E-state index is 0.214. The first-order valence-corrected chi connectivity index (χ1v) is 11.3. The molecule has 0 saturated carbocycles. The van der Waals surface area contributed by atoms with Crippen molar-refractivity contribution >= 4 is 17.0 Å². The van der Waals surface area contributed by atoms with Crippen molar-refractivity contribution in [2.75, 3.05) is 25.0 Å². The van der Waals surface area contributed by atoms with E-state index in [1.54, 1.807) is 0 Å². The van der Waals surface area contributed by atoms with E-state index >= 15 is 0 Å². The van der Waals surface area contributed by atoms with Crippen LogP contribution in [0.25, 0.3) is 5.57 Å². The maximum Gasteiger partial charge on any atom is 0.162 e. The Morgan fingerprint density at radius 1 is 1.10 bits per heavy atom. The van der Waals surface area contributed by atoms with E-state index in [9.17, 15) is 4.79 Å². The van der Waals surface area contributed by atoms with Gasteiger partial charge in [-0.1, -0.05) is 31.2 Å². The van der Waals surface area contributed by atoms with Gasteiger partial charge in [0.1, 0.15) is 11.4 Å².